The lowest BCUT2D eigenvalue weighted by Crippen LogP contribution is -2.41. The van der Waals surface area contributed by atoms with Crippen LogP contribution in [-0.4, -0.2) is 55.3 Å². The molecule has 7 heteroatoms. The van der Waals surface area contributed by atoms with Gasteiger partial charge in [0.2, 0.25) is 0 Å². The number of carbonyl (C=O) groups is 2. The van der Waals surface area contributed by atoms with Crippen LogP contribution in [0.1, 0.15) is 48.7 Å². The number of ether oxygens (including phenoxy) is 2. The van der Waals surface area contributed by atoms with Gasteiger partial charge in [-0.15, -0.1) is 0 Å². The number of nitrogens with zero attached hydrogens (tertiary/aromatic N) is 2. The quantitative estimate of drug-likeness (QED) is 0.420. The summed E-state index contributed by atoms with van der Waals surface area (Å²) in [5, 5.41) is 12.1. The lowest BCUT2D eigenvalue weighted by Gasteiger charge is -2.22. The molecule has 1 heterocycles. The van der Waals surface area contributed by atoms with Crippen LogP contribution < -0.4 is 5.32 Å². The van der Waals surface area contributed by atoms with Crippen LogP contribution in [-0.2, 0) is 15.9 Å². The summed E-state index contributed by atoms with van der Waals surface area (Å²) < 4.78 is 10.6. The molecule has 0 radical (unpaired) electrons. The molecule has 1 atom stereocenters. The van der Waals surface area contributed by atoms with Crippen molar-refractivity contribution in [2.75, 3.05) is 26.8 Å². The van der Waals surface area contributed by atoms with Crippen molar-refractivity contribution in [1.82, 2.24) is 10.2 Å². The second-order valence-corrected chi connectivity index (χ2v) is 10.8. The van der Waals surface area contributed by atoms with E-state index in [0.717, 1.165) is 28.7 Å². The number of nitriles is 1. The highest BCUT2D eigenvalue weighted by atomic mass is 16.6. The van der Waals surface area contributed by atoms with Crippen molar-refractivity contribution < 1.29 is 19.1 Å². The maximum atomic E-state index is 13.5. The van der Waals surface area contributed by atoms with Gasteiger partial charge in [0.1, 0.15) is 5.60 Å². The topological polar surface area (TPSA) is 91.7 Å². The average Bonchev–Trinajstić information content (AvgIpc) is 3.38. The Labute approximate surface area is 230 Å². The minimum absolute atomic E-state index is 0.0835. The number of methoxy groups -OCH3 is 1. The Hall–Kier alpha value is -4.15. The molecule has 1 N–H and O–H groups in total. The summed E-state index contributed by atoms with van der Waals surface area (Å²) in [6.07, 6.45) is 1.04. The molecule has 2 amide bonds. The van der Waals surface area contributed by atoms with E-state index in [1.807, 2.05) is 51.1 Å². The molecule has 1 aliphatic heterocycles. The minimum atomic E-state index is -0.577. The molecular formula is C32H35N3O4. The fourth-order valence-corrected chi connectivity index (χ4v) is 4.68. The van der Waals surface area contributed by atoms with E-state index in [0.29, 0.717) is 37.2 Å². The molecule has 0 spiro atoms. The van der Waals surface area contributed by atoms with E-state index >= 15 is 0 Å². The molecule has 0 aliphatic carbocycles. The highest BCUT2D eigenvalue weighted by Gasteiger charge is 2.29. The summed E-state index contributed by atoms with van der Waals surface area (Å²) in [7, 11) is 1.70. The maximum Gasteiger partial charge on any atom is 0.407 e. The zero-order valence-corrected chi connectivity index (χ0v) is 23.0. The van der Waals surface area contributed by atoms with Gasteiger partial charge in [-0.2, -0.15) is 5.26 Å². The van der Waals surface area contributed by atoms with Crippen LogP contribution in [0.3, 0.4) is 0 Å². The molecular weight excluding hydrogens is 490 g/mol. The molecule has 202 valence electrons. The van der Waals surface area contributed by atoms with Gasteiger partial charge in [-0.25, -0.2) is 4.79 Å². The van der Waals surface area contributed by atoms with Crippen molar-refractivity contribution in [2.45, 2.75) is 45.3 Å². The molecule has 1 saturated heterocycles. The molecule has 0 unspecified atom stereocenters. The normalized spacial score (nSPS) is 15.1. The third-order valence-corrected chi connectivity index (χ3v) is 6.65. The molecule has 7 nitrogen and oxygen atoms in total. The summed E-state index contributed by atoms with van der Waals surface area (Å²) in [5.74, 6) is -0.0835. The summed E-state index contributed by atoms with van der Waals surface area (Å²) >= 11 is 0. The summed E-state index contributed by atoms with van der Waals surface area (Å²) in [6, 6.07) is 23.5. The SMILES string of the molecule is COCCc1ccc(-c2ccc(C(=O)N3CC[C@H](NC(=O)OC(C)(C)C)C3)cc2-c2ccc(C#N)cc2)cc1. The first-order valence-electron chi connectivity index (χ1n) is 13.2. The standard InChI is InChI=1S/C32H35N3O4/c1-32(2,3)39-31(37)34-27-15-17-35(21-27)30(36)26-13-14-28(24-9-5-22(6-10-24)16-18-38-4)29(19-26)25-11-7-23(20-33)8-12-25/h5-14,19,27H,15-18,21H2,1-4H3,(H,34,37)/t27-/m0/s1. The maximum absolute atomic E-state index is 13.5. The third kappa shape index (κ3) is 7.24. The van der Waals surface area contributed by atoms with Gasteiger partial charge in [0.05, 0.1) is 24.3 Å². The number of alkyl carbamates (subject to hydrolysis) is 1. The lowest BCUT2D eigenvalue weighted by molar-refractivity contribution is 0.0502. The fourth-order valence-electron chi connectivity index (χ4n) is 4.68. The van der Waals surface area contributed by atoms with Gasteiger partial charge >= 0.3 is 6.09 Å². The largest absolute Gasteiger partial charge is 0.444 e. The van der Waals surface area contributed by atoms with E-state index in [9.17, 15) is 14.9 Å². The predicted octanol–water partition coefficient (Wildman–Crippen LogP) is 5.82. The van der Waals surface area contributed by atoms with E-state index in [2.05, 4.69) is 35.7 Å². The van der Waals surface area contributed by atoms with Gasteiger partial charge in [0.25, 0.3) is 5.91 Å². The van der Waals surface area contributed by atoms with Crippen molar-refractivity contribution in [3.63, 3.8) is 0 Å². The van der Waals surface area contributed by atoms with Crippen LogP contribution in [0.15, 0.2) is 66.7 Å². The number of carbonyl (C=O) groups excluding carboxylic acids is 2. The van der Waals surface area contributed by atoms with Crippen LogP contribution >= 0.6 is 0 Å². The molecule has 0 aromatic heterocycles. The van der Waals surface area contributed by atoms with Crippen molar-refractivity contribution in [3.05, 3.63) is 83.4 Å². The highest BCUT2D eigenvalue weighted by molar-refractivity contribution is 5.98. The molecule has 0 bridgehead atoms. The number of hydrogen-bond donors (Lipinski definition) is 1. The van der Waals surface area contributed by atoms with Crippen LogP contribution in [0.4, 0.5) is 4.79 Å². The van der Waals surface area contributed by atoms with Crippen molar-refractivity contribution >= 4 is 12.0 Å². The molecule has 0 saturated carbocycles. The Bertz CT molecular complexity index is 1350. The molecule has 3 aromatic carbocycles. The van der Waals surface area contributed by atoms with Gasteiger partial charge < -0.3 is 19.7 Å². The zero-order valence-electron chi connectivity index (χ0n) is 23.0. The molecule has 1 aliphatic rings. The zero-order chi connectivity index (χ0) is 28.0. The summed E-state index contributed by atoms with van der Waals surface area (Å²) in [6.45, 7) is 7.11. The lowest BCUT2D eigenvalue weighted by atomic mass is 9.91. The van der Waals surface area contributed by atoms with E-state index in [4.69, 9.17) is 9.47 Å². The number of amides is 2. The van der Waals surface area contributed by atoms with Crippen LogP contribution in [0, 0.1) is 11.3 Å². The Morgan fingerprint density at radius 1 is 1.00 bits per heavy atom. The van der Waals surface area contributed by atoms with E-state index in [-0.39, 0.29) is 11.9 Å². The second kappa shape index (κ2) is 12.1. The number of benzene rings is 3. The Kier molecular flexibility index (Phi) is 8.68. The predicted molar refractivity (Wildman–Crippen MR) is 151 cm³/mol. The molecule has 1 fully saturated rings. The fraction of sp³-hybridized carbons (Fsp3) is 0.344. The monoisotopic (exact) mass is 525 g/mol. The average molecular weight is 526 g/mol. The smallest absolute Gasteiger partial charge is 0.407 e. The molecule has 4 rings (SSSR count). The van der Waals surface area contributed by atoms with E-state index in [1.54, 1.807) is 24.1 Å². The van der Waals surface area contributed by atoms with Crippen molar-refractivity contribution in [3.8, 4) is 28.3 Å². The highest BCUT2D eigenvalue weighted by Crippen LogP contribution is 2.34. The van der Waals surface area contributed by atoms with Crippen LogP contribution in [0.25, 0.3) is 22.3 Å². The Balaban J connectivity index is 1.58. The van der Waals surface area contributed by atoms with Crippen LogP contribution in [0.5, 0.6) is 0 Å². The molecule has 3 aromatic rings. The van der Waals surface area contributed by atoms with Gasteiger partial charge in [-0.3, -0.25) is 4.79 Å². The Morgan fingerprint density at radius 3 is 2.31 bits per heavy atom. The second-order valence-electron chi connectivity index (χ2n) is 10.8. The summed E-state index contributed by atoms with van der Waals surface area (Å²) in [5.41, 5.74) is 5.65. The number of nitrogens with one attached hydrogen (secondary N) is 1. The van der Waals surface area contributed by atoms with Gasteiger partial charge in [0, 0.05) is 25.8 Å². The van der Waals surface area contributed by atoms with Crippen molar-refractivity contribution in [1.29, 1.82) is 5.26 Å². The number of rotatable bonds is 7. The van der Waals surface area contributed by atoms with Gasteiger partial charge in [-0.05, 0) is 85.7 Å². The first-order chi connectivity index (χ1) is 18.7. The van der Waals surface area contributed by atoms with Crippen LogP contribution in [0.2, 0.25) is 0 Å². The van der Waals surface area contributed by atoms with E-state index < -0.39 is 11.7 Å². The number of likely N-dealkylation sites (tertiary alicyclic amines) is 1. The Morgan fingerprint density at radius 2 is 1.67 bits per heavy atom. The van der Waals surface area contributed by atoms with Gasteiger partial charge in [0.15, 0.2) is 0 Å². The summed E-state index contributed by atoms with van der Waals surface area (Å²) in [4.78, 5) is 27.5. The van der Waals surface area contributed by atoms with Gasteiger partial charge in [-0.1, -0.05) is 42.5 Å². The first kappa shape index (κ1) is 27.9. The van der Waals surface area contributed by atoms with E-state index in [1.165, 1.54) is 5.56 Å². The van der Waals surface area contributed by atoms with Crippen molar-refractivity contribution in [2.24, 2.45) is 0 Å². The number of hydrogen-bond acceptors (Lipinski definition) is 5. The third-order valence-electron chi connectivity index (χ3n) is 6.65. The molecule has 39 heavy (non-hydrogen) atoms. The minimum Gasteiger partial charge on any atom is -0.444 e. The first-order valence-corrected chi connectivity index (χ1v) is 13.2.